The number of ketones is 1. The molecule has 0 amide bonds. The van der Waals surface area contributed by atoms with Gasteiger partial charge in [-0.25, -0.2) is 0 Å². The van der Waals surface area contributed by atoms with Gasteiger partial charge in [0.1, 0.15) is 5.78 Å². The van der Waals surface area contributed by atoms with Gasteiger partial charge in [-0.2, -0.15) is 5.10 Å². The SMILES string of the molecule is CCn1cc(CC(=O)C2C(C)OC(C)C2C)cn1. The van der Waals surface area contributed by atoms with Gasteiger partial charge < -0.3 is 4.74 Å². The van der Waals surface area contributed by atoms with Crippen LogP contribution in [-0.4, -0.2) is 27.8 Å². The van der Waals surface area contributed by atoms with E-state index in [-0.39, 0.29) is 23.9 Å². The van der Waals surface area contributed by atoms with Crippen molar-refractivity contribution >= 4 is 5.78 Å². The molecule has 18 heavy (non-hydrogen) atoms. The van der Waals surface area contributed by atoms with Crippen LogP contribution >= 0.6 is 0 Å². The zero-order valence-corrected chi connectivity index (χ0v) is 11.6. The molecule has 1 fully saturated rings. The molecule has 4 unspecified atom stereocenters. The summed E-state index contributed by atoms with van der Waals surface area (Å²) < 4.78 is 7.58. The van der Waals surface area contributed by atoms with Crippen molar-refractivity contribution in [1.29, 1.82) is 0 Å². The van der Waals surface area contributed by atoms with Crippen molar-refractivity contribution in [3.05, 3.63) is 18.0 Å². The third kappa shape index (κ3) is 2.48. The van der Waals surface area contributed by atoms with Crippen molar-refractivity contribution in [2.75, 3.05) is 0 Å². The van der Waals surface area contributed by atoms with Crippen LogP contribution in [0.5, 0.6) is 0 Å². The number of carbonyl (C=O) groups excluding carboxylic acids is 1. The van der Waals surface area contributed by atoms with Crippen molar-refractivity contribution in [3.63, 3.8) is 0 Å². The second-order valence-electron chi connectivity index (χ2n) is 5.28. The summed E-state index contributed by atoms with van der Waals surface area (Å²) in [6.45, 7) is 9.02. The summed E-state index contributed by atoms with van der Waals surface area (Å²) in [5.41, 5.74) is 1.00. The van der Waals surface area contributed by atoms with E-state index in [1.807, 2.05) is 31.6 Å². The van der Waals surface area contributed by atoms with E-state index in [2.05, 4.69) is 12.0 Å². The summed E-state index contributed by atoms with van der Waals surface area (Å²) in [6, 6.07) is 0. The van der Waals surface area contributed by atoms with Gasteiger partial charge in [0.15, 0.2) is 0 Å². The van der Waals surface area contributed by atoms with Gasteiger partial charge in [-0.3, -0.25) is 9.48 Å². The number of rotatable bonds is 4. The summed E-state index contributed by atoms with van der Waals surface area (Å²) in [5, 5.41) is 4.20. The first-order valence-electron chi connectivity index (χ1n) is 6.72. The van der Waals surface area contributed by atoms with Crippen LogP contribution in [0.2, 0.25) is 0 Å². The molecule has 1 saturated heterocycles. The average molecular weight is 250 g/mol. The lowest BCUT2D eigenvalue weighted by molar-refractivity contribution is -0.124. The molecule has 0 aliphatic carbocycles. The molecule has 1 aliphatic heterocycles. The van der Waals surface area contributed by atoms with E-state index >= 15 is 0 Å². The van der Waals surface area contributed by atoms with Crippen molar-refractivity contribution in [2.24, 2.45) is 11.8 Å². The normalized spacial score (nSPS) is 31.8. The Labute approximate surface area is 108 Å². The maximum Gasteiger partial charge on any atom is 0.143 e. The fraction of sp³-hybridized carbons (Fsp3) is 0.714. The van der Waals surface area contributed by atoms with Crippen LogP contribution in [0.4, 0.5) is 0 Å². The van der Waals surface area contributed by atoms with Crippen LogP contribution in [0.1, 0.15) is 33.3 Å². The number of Topliss-reactive ketones (excluding diaryl/α,β-unsaturated/α-hetero) is 1. The van der Waals surface area contributed by atoms with E-state index in [4.69, 9.17) is 4.74 Å². The van der Waals surface area contributed by atoms with Crippen LogP contribution in [-0.2, 0) is 22.5 Å². The molecule has 4 nitrogen and oxygen atoms in total. The minimum Gasteiger partial charge on any atom is -0.375 e. The Kier molecular flexibility index (Phi) is 3.85. The van der Waals surface area contributed by atoms with Crippen molar-refractivity contribution < 1.29 is 9.53 Å². The first-order valence-corrected chi connectivity index (χ1v) is 6.72. The molecule has 2 rings (SSSR count). The molecule has 0 aromatic carbocycles. The standard InChI is InChI=1S/C14H22N2O2/c1-5-16-8-12(7-15-16)6-13(17)14-9(2)10(3)18-11(14)4/h7-11,14H,5-6H2,1-4H3. The predicted octanol–water partition coefficient (Wildman–Crippen LogP) is 2.07. The molecule has 0 N–H and O–H groups in total. The van der Waals surface area contributed by atoms with Crippen LogP contribution in [0, 0.1) is 11.8 Å². The van der Waals surface area contributed by atoms with Gasteiger partial charge in [0.2, 0.25) is 0 Å². The van der Waals surface area contributed by atoms with E-state index < -0.39 is 0 Å². The Hall–Kier alpha value is -1.16. The molecule has 4 atom stereocenters. The number of ether oxygens (including phenoxy) is 1. The van der Waals surface area contributed by atoms with E-state index in [0.717, 1.165) is 12.1 Å². The highest BCUT2D eigenvalue weighted by atomic mass is 16.5. The van der Waals surface area contributed by atoms with E-state index in [0.29, 0.717) is 12.3 Å². The first-order chi connectivity index (χ1) is 8.52. The Morgan fingerprint density at radius 1 is 1.39 bits per heavy atom. The first kappa shape index (κ1) is 13.3. The summed E-state index contributed by atoms with van der Waals surface area (Å²) in [7, 11) is 0. The molecule has 2 heterocycles. The number of aryl methyl sites for hydroxylation is 1. The largest absolute Gasteiger partial charge is 0.375 e. The summed E-state index contributed by atoms with van der Waals surface area (Å²) in [6.07, 6.45) is 4.41. The lowest BCUT2D eigenvalue weighted by atomic mass is 9.84. The van der Waals surface area contributed by atoms with Gasteiger partial charge in [0.25, 0.3) is 0 Å². The molecule has 1 aliphatic rings. The lowest BCUT2D eigenvalue weighted by Gasteiger charge is -2.16. The van der Waals surface area contributed by atoms with Gasteiger partial charge in [0.05, 0.1) is 18.4 Å². The van der Waals surface area contributed by atoms with Gasteiger partial charge in [-0.15, -0.1) is 0 Å². The van der Waals surface area contributed by atoms with E-state index in [1.165, 1.54) is 0 Å². The highest BCUT2D eigenvalue weighted by Crippen LogP contribution is 2.33. The Morgan fingerprint density at radius 2 is 2.11 bits per heavy atom. The molecule has 0 bridgehead atoms. The number of aromatic nitrogens is 2. The smallest absolute Gasteiger partial charge is 0.143 e. The topological polar surface area (TPSA) is 44.1 Å². The molecule has 1 aromatic rings. The van der Waals surface area contributed by atoms with Crippen molar-refractivity contribution in [1.82, 2.24) is 9.78 Å². The monoisotopic (exact) mass is 250 g/mol. The Morgan fingerprint density at radius 3 is 2.61 bits per heavy atom. The highest BCUT2D eigenvalue weighted by molar-refractivity contribution is 5.84. The predicted molar refractivity (Wildman–Crippen MR) is 69.3 cm³/mol. The van der Waals surface area contributed by atoms with Gasteiger partial charge in [-0.05, 0) is 32.3 Å². The van der Waals surface area contributed by atoms with E-state index in [9.17, 15) is 4.79 Å². The van der Waals surface area contributed by atoms with Gasteiger partial charge >= 0.3 is 0 Å². The number of nitrogens with zero attached hydrogens (tertiary/aromatic N) is 2. The zero-order valence-electron chi connectivity index (χ0n) is 11.6. The zero-order chi connectivity index (χ0) is 13.3. The molecular weight excluding hydrogens is 228 g/mol. The fourth-order valence-corrected chi connectivity index (χ4v) is 2.81. The molecule has 0 saturated carbocycles. The summed E-state index contributed by atoms with van der Waals surface area (Å²) in [4.78, 5) is 12.4. The van der Waals surface area contributed by atoms with Crippen LogP contribution < -0.4 is 0 Å². The van der Waals surface area contributed by atoms with Gasteiger partial charge in [-0.1, -0.05) is 6.92 Å². The maximum atomic E-state index is 12.4. The number of hydrogen-bond donors (Lipinski definition) is 0. The number of carbonyl (C=O) groups is 1. The molecule has 1 aromatic heterocycles. The second-order valence-corrected chi connectivity index (χ2v) is 5.28. The quantitative estimate of drug-likeness (QED) is 0.821. The van der Waals surface area contributed by atoms with Crippen molar-refractivity contribution in [2.45, 2.75) is 52.9 Å². The summed E-state index contributed by atoms with van der Waals surface area (Å²) >= 11 is 0. The second kappa shape index (κ2) is 5.22. The minimum atomic E-state index is 0.0185. The minimum absolute atomic E-state index is 0.0185. The lowest BCUT2D eigenvalue weighted by Crippen LogP contribution is -2.28. The number of hydrogen-bond acceptors (Lipinski definition) is 3. The van der Waals surface area contributed by atoms with Gasteiger partial charge in [0, 0.05) is 25.1 Å². The van der Waals surface area contributed by atoms with Crippen LogP contribution in [0.3, 0.4) is 0 Å². The maximum absolute atomic E-state index is 12.4. The van der Waals surface area contributed by atoms with E-state index in [1.54, 1.807) is 6.20 Å². The van der Waals surface area contributed by atoms with Crippen molar-refractivity contribution in [3.8, 4) is 0 Å². The highest BCUT2D eigenvalue weighted by Gasteiger charge is 2.41. The Bertz CT molecular complexity index is 427. The molecule has 4 heteroatoms. The average Bonchev–Trinajstić information content (AvgIpc) is 2.85. The van der Waals surface area contributed by atoms with Crippen LogP contribution in [0.15, 0.2) is 12.4 Å². The molecule has 0 radical (unpaired) electrons. The molecular formula is C14H22N2O2. The molecule has 0 spiro atoms. The third-order valence-electron chi connectivity index (χ3n) is 4.00. The molecule has 100 valence electrons. The third-order valence-corrected chi connectivity index (χ3v) is 4.00. The summed E-state index contributed by atoms with van der Waals surface area (Å²) in [5.74, 6) is 0.591. The Balaban J connectivity index is 2.03. The van der Waals surface area contributed by atoms with Crippen LogP contribution in [0.25, 0.3) is 0 Å². The fourth-order valence-electron chi connectivity index (χ4n) is 2.81.